The Morgan fingerprint density at radius 2 is 2.11 bits per heavy atom. The number of nitrogens with one attached hydrogen (secondary N) is 1. The molecule has 0 aromatic carbocycles. The van der Waals surface area contributed by atoms with Crippen LogP contribution in [0.1, 0.15) is 6.42 Å². The SMILES string of the molecule is OC1CN(C2CCN2)C1. The third-order valence-corrected chi connectivity index (χ3v) is 2.13. The lowest BCUT2D eigenvalue weighted by Gasteiger charge is -2.46. The van der Waals surface area contributed by atoms with Crippen molar-refractivity contribution >= 4 is 0 Å². The van der Waals surface area contributed by atoms with E-state index in [1.54, 1.807) is 0 Å². The number of hydrogen-bond acceptors (Lipinski definition) is 3. The third-order valence-electron chi connectivity index (χ3n) is 2.13. The van der Waals surface area contributed by atoms with Crippen molar-refractivity contribution in [2.45, 2.75) is 18.7 Å². The first kappa shape index (κ1) is 5.65. The Hall–Kier alpha value is -0.120. The van der Waals surface area contributed by atoms with Gasteiger partial charge in [0.05, 0.1) is 12.3 Å². The Kier molecular flexibility index (Phi) is 1.22. The maximum Gasteiger partial charge on any atom is 0.0795 e. The summed E-state index contributed by atoms with van der Waals surface area (Å²) in [7, 11) is 0. The number of aliphatic hydroxyl groups excluding tert-OH is 1. The summed E-state index contributed by atoms with van der Waals surface area (Å²) in [5, 5.41) is 12.2. The average Bonchev–Trinajstić information content (AvgIpc) is 1.57. The molecular weight excluding hydrogens is 116 g/mol. The lowest BCUT2D eigenvalue weighted by molar-refractivity contribution is -0.0512. The summed E-state index contributed by atoms with van der Waals surface area (Å²) in [5.74, 6) is 0. The highest BCUT2D eigenvalue weighted by Gasteiger charge is 2.33. The van der Waals surface area contributed by atoms with Crippen LogP contribution in [0.5, 0.6) is 0 Å². The molecule has 1 atom stereocenters. The molecule has 3 heteroatoms. The second-order valence-corrected chi connectivity index (χ2v) is 2.87. The van der Waals surface area contributed by atoms with E-state index in [0.717, 1.165) is 19.6 Å². The van der Waals surface area contributed by atoms with Gasteiger partial charge in [-0.25, -0.2) is 0 Å². The Bertz CT molecular complexity index is 108. The molecular formula is C6H12N2O. The Morgan fingerprint density at radius 3 is 2.44 bits per heavy atom. The number of hydrogen-bond donors (Lipinski definition) is 2. The van der Waals surface area contributed by atoms with Crippen LogP contribution in [0.4, 0.5) is 0 Å². The van der Waals surface area contributed by atoms with Crippen LogP contribution in [0, 0.1) is 0 Å². The molecule has 0 saturated carbocycles. The van der Waals surface area contributed by atoms with Crippen molar-refractivity contribution in [3.05, 3.63) is 0 Å². The van der Waals surface area contributed by atoms with E-state index < -0.39 is 0 Å². The van der Waals surface area contributed by atoms with E-state index in [2.05, 4.69) is 10.2 Å². The summed E-state index contributed by atoms with van der Waals surface area (Å²) in [6.07, 6.45) is 1.80. The molecule has 2 fully saturated rings. The molecule has 2 aliphatic rings. The van der Waals surface area contributed by atoms with E-state index in [1.807, 2.05) is 0 Å². The van der Waals surface area contributed by atoms with Crippen LogP contribution in [0.25, 0.3) is 0 Å². The Morgan fingerprint density at radius 1 is 1.44 bits per heavy atom. The van der Waals surface area contributed by atoms with E-state index in [-0.39, 0.29) is 6.10 Å². The summed E-state index contributed by atoms with van der Waals surface area (Å²) in [4.78, 5) is 2.27. The lowest BCUT2D eigenvalue weighted by atomic mass is 10.1. The van der Waals surface area contributed by atoms with Crippen LogP contribution in [0.3, 0.4) is 0 Å². The van der Waals surface area contributed by atoms with Crippen LogP contribution < -0.4 is 5.32 Å². The largest absolute Gasteiger partial charge is 0.390 e. The van der Waals surface area contributed by atoms with Gasteiger partial charge in [0.15, 0.2) is 0 Å². The molecule has 0 amide bonds. The minimum Gasteiger partial charge on any atom is -0.390 e. The van der Waals surface area contributed by atoms with Gasteiger partial charge in [0, 0.05) is 13.1 Å². The third kappa shape index (κ3) is 0.852. The predicted octanol–water partition coefficient (Wildman–Crippen LogP) is -1.02. The van der Waals surface area contributed by atoms with Gasteiger partial charge >= 0.3 is 0 Å². The summed E-state index contributed by atoms with van der Waals surface area (Å²) in [6.45, 7) is 2.90. The standard InChI is InChI=1S/C6H12N2O/c9-5-3-8(4-5)6-1-2-7-6/h5-7,9H,1-4H2. The lowest BCUT2D eigenvalue weighted by Crippen LogP contribution is -2.64. The van der Waals surface area contributed by atoms with Crippen LogP contribution in [0.2, 0.25) is 0 Å². The first-order valence-electron chi connectivity index (χ1n) is 3.52. The van der Waals surface area contributed by atoms with Crippen molar-refractivity contribution in [1.29, 1.82) is 0 Å². The van der Waals surface area contributed by atoms with Crippen molar-refractivity contribution in [2.75, 3.05) is 19.6 Å². The molecule has 0 radical (unpaired) electrons. The topological polar surface area (TPSA) is 35.5 Å². The molecule has 2 rings (SSSR count). The molecule has 3 nitrogen and oxygen atoms in total. The molecule has 1 unspecified atom stereocenters. The number of likely N-dealkylation sites (tertiary alicyclic amines) is 1. The van der Waals surface area contributed by atoms with Gasteiger partial charge in [-0.05, 0) is 13.0 Å². The maximum absolute atomic E-state index is 8.92. The van der Waals surface area contributed by atoms with Gasteiger partial charge in [-0.3, -0.25) is 4.90 Å². The molecule has 0 bridgehead atoms. The number of rotatable bonds is 1. The molecule has 2 heterocycles. The zero-order valence-corrected chi connectivity index (χ0v) is 5.38. The zero-order chi connectivity index (χ0) is 6.27. The van der Waals surface area contributed by atoms with E-state index in [4.69, 9.17) is 5.11 Å². The van der Waals surface area contributed by atoms with Gasteiger partial charge in [0.25, 0.3) is 0 Å². The van der Waals surface area contributed by atoms with E-state index in [1.165, 1.54) is 6.42 Å². The van der Waals surface area contributed by atoms with Gasteiger partial charge < -0.3 is 10.4 Å². The van der Waals surface area contributed by atoms with Gasteiger partial charge in [-0.15, -0.1) is 0 Å². The van der Waals surface area contributed by atoms with E-state index in [9.17, 15) is 0 Å². The summed E-state index contributed by atoms with van der Waals surface area (Å²) >= 11 is 0. The second-order valence-electron chi connectivity index (χ2n) is 2.87. The van der Waals surface area contributed by atoms with Gasteiger partial charge in [-0.2, -0.15) is 0 Å². The van der Waals surface area contributed by atoms with Crippen LogP contribution in [0.15, 0.2) is 0 Å². The molecule has 0 spiro atoms. The van der Waals surface area contributed by atoms with E-state index >= 15 is 0 Å². The average molecular weight is 128 g/mol. The number of aliphatic hydroxyl groups is 1. The normalized spacial score (nSPS) is 37.7. The van der Waals surface area contributed by atoms with Gasteiger partial charge in [0.2, 0.25) is 0 Å². The highest BCUT2D eigenvalue weighted by atomic mass is 16.3. The molecule has 0 aromatic heterocycles. The van der Waals surface area contributed by atoms with Gasteiger partial charge in [-0.1, -0.05) is 0 Å². The molecule has 9 heavy (non-hydrogen) atoms. The van der Waals surface area contributed by atoms with Crippen LogP contribution in [-0.4, -0.2) is 41.9 Å². The highest BCUT2D eigenvalue weighted by Crippen LogP contribution is 2.16. The van der Waals surface area contributed by atoms with Crippen molar-refractivity contribution in [1.82, 2.24) is 10.2 Å². The maximum atomic E-state index is 8.92. The Labute approximate surface area is 54.7 Å². The van der Waals surface area contributed by atoms with Gasteiger partial charge in [0.1, 0.15) is 0 Å². The summed E-state index contributed by atoms with van der Waals surface area (Å²) in [5.41, 5.74) is 0. The number of β-amino-alcohol motifs (C(OH)–C–C–N with tert-alkyl or cyclic N) is 1. The fraction of sp³-hybridized carbons (Fsp3) is 1.00. The summed E-state index contributed by atoms with van der Waals surface area (Å²) in [6, 6.07) is 0. The fourth-order valence-electron chi connectivity index (χ4n) is 1.33. The van der Waals surface area contributed by atoms with Crippen molar-refractivity contribution in [3.63, 3.8) is 0 Å². The molecule has 0 aromatic rings. The first-order valence-corrected chi connectivity index (χ1v) is 3.52. The van der Waals surface area contributed by atoms with Crippen molar-refractivity contribution in [2.24, 2.45) is 0 Å². The molecule has 2 N–H and O–H groups in total. The van der Waals surface area contributed by atoms with Crippen molar-refractivity contribution in [3.8, 4) is 0 Å². The van der Waals surface area contributed by atoms with E-state index in [0.29, 0.717) is 6.17 Å². The smallest absolute Gasteiger partial charge is 0.0795 e. The minimum absolute atomic E-state index is 0.0487. The minimum atomic E-state index is -0.0487. The number of nitrogens with zero attached hydrogens (tertiary/aromatic N) is 1. The Balaban J connectivity index is 1.75. The predicted molar refractivity (Wildman–Crippen MR) is 34.0 cm³/mol. The highest BCUT2D eigenvalue weighted by molar-refractivity contribution is 4.88. The summed E-state index contributed by atoms with van der Waals surface area (Å²) < 4.78 is 0. The molecule has 0 aliphatic carbocycles. The van der Waals surface area contributed by atoms with Crippen molar-refractivity contribution < 1.29 is 5.11 Å². The molecule has 52 valence electrons. The molecule has 2 aliphatic heterocycles. The fourth-order valence-corrected chi connectivity index (χ4v) is 1.33. The quantitative estimate of drug-likeness (QED) is 0.474. The second kappa shape index (κ2) is 1.94. The first-order chi connectivity index (χ1) is 4.36. The zero-order valence-electron chi connectivity index (χ0n) is 5.38. The van der Waals surface area contributed by atoms with Crippen LogP contribution >= 0.6 is 0 Å². The van der Waals surface area contributed by atoms with Crippen LogP contribution in [-0.2, 0) is 0 Å². The molecule has 2 saturated heterocycles. The monoisotopic (exact) mass is 128 g/mol.